The van der Waals surface area contributed by atoms with Crippen molar-refractivity contribution in [2.24, 2.45) is 0 Å². The van der Waals surface area contributed by atoms with Crippen LogP contribution < -0.4 is 15.5 Å². The SMILES string of the molecule is COC(=O)c1ccccc1N1CN(Cc2ccc(NC(=O)Nc3cc(C(C)(C)C)nn3-c3ccc(C)cc3)cc2)CCC1=O. The molecule has 0 atom stereocenters. The molecule has 228 valence electrons. The van der Waals surface area contributed by atoms with Gasteiger partial charge in [-0.1, -0.05) is 62.7 Å². The van der Waals surface area contributed by atoms with Gasteiger partial charge < -0.3 is 10.1 Å². The summed E-state index contributed by atoms with van der Waals surface area (Å²) >= 11 is 0. The van der Waals surface area contributed by atoms with Gasteiger partial charge in [-0.25, -0.2) is 14.3 Å². The predicted octanol–water partition coefficient (Wildman–Crippen LogP) is 6.11. The largest absolute Gasteiger partial charge is 0.465 e. The smallest absolute Gasteiger partial charge is 0.339 e. The second-order valence-electron chi connectivity index (χ2n) is 12.0. The molecule has 3 amide bonds. The molecular weight excluding hydrogens is 556 g/mol. The first-order valence-corrected chi connectivity index (χ1v) is 14.6. The fraction of sp³-hybridized carbons (Fsp3) is 0.294. The Bertz CT molecular complexity index is 1650. The first-order valence-electron chi connectivity index (χ1n) is 14.6. The average molecular weight is 595 g/mol. The van der Waals surface area contributed by atoms with Crippen LogP contribution in [0.2, 0.25) is 0 Å². The van der Waals surface area contributed by atoms with Crippen LogP contribution in [0.5, 0.6) is 0 Å². The second-order valence-corrected chi connectivity index (χ2v) is 12.0. The first-order chi connectivity index (χ1) is 21.0. The summed E-state index contributed by atoms with van der Waals surface area (Å²) in [5.74, 6) is 0.0549. The maximum absolute atomic E-state index is 13.0. The molecule has 3 aromatic carbocycles. The Labute approximate surface area is 257 Å². The zero-order valence-corrected chi connectivity index (χ0v) is 25.8. The van der Waals surface area contributed by atoms with Gasteiger partial charge in [-0.2, -0.15) is 5.10 Å². The number of ether oxygens (including phenoxy) is 1. The predicted molar refractivity (Wildman–Crippen MR) is 171 cm³/mol. The van der Waals surface area contributed by atoms with E-state index in [9.17, 15) is 14.4 Å². The Morgan fingerprint density at radius 2 is 1.66 bits per heavy atom. The van der Waals surface area contributed by atoms with Gasteiger partial charge in [0.1, 0.15) is 5.82 Å². The molecule has 0 unspecified atom stereocenters. The van der Waals surface area contributed by atoms with Gasteiger partial charge in [0.05, 0.1) is 36.4 Å². The van der Waals surface area contributed by atoms with Crippen molar-refractivity contribution in [3.63, 3.8) is 0 Å². The topological polar surface area (TPSA) is 109 Å². The summed E-state index contributed by atoms with van der Waals surface area (Å²) in [5, 5.41) is 10.6. The van der Waals surface area contributed by atoms with Crippen LogP contribution in [0.3, 0.4) is 0 Å². The van der Waals surface area contributed by atoms with E-state index in [4.69, 9.17) is 9.84 Å². The van der Waals surface area contributed by atoms with Gasteiger partial charge in [0, 0.05) is 36.7 Å². The van der Waals surface area contributed by atoms with E-state index >= 15 is 0 Å². The van der Waals surface area contributed by atoms with Gasteiger partial charge in [-0.05, 0) is 48.9 Å². The zero-order valence-electron chi connectivity index (χ0n) is 25.8. The number of hydrogen-bond donors (Lipinski definition) is 2. The summed E-state index contributed by atoms with van der Waals surface area (Å²) in [6.45, 7) is 9.83. The van der Waals surface area contributed by atoms with Crippen molar-refractivity contribution < 1.29 is 19.1 Å². The third-order valence-corrected chi connectivity index (χ3v) is 7.50. The highest BCUT2D eigenvalue weighted by molar-refractivity contribution is 6.03. The fourth-order valence-corrected chi connectivity index (χ4v) is 5.02. The molecule has 2 N–H and O–H groups in total. The molecule has 1 fully saturated rings. The lowest BCUT2D eigenvalue weighted by Crippen LogP contribution is -2.48. The van der Waals surface area contributed by atoms with Crippen molar-refractivity contribution in [3.05, 3.63) is 101 Å². The van der Waals surface area contributed by atoms with Crippen LogP contribution in [0.1, 0.15) is 54.4 Å². The molecule has 1 aromatic heterocycles. The van der Waals surface area contributed by atoms with E-state index in [1.165, 1.54) is 7.11 Å². The number of methoxy groups -OCH3 is 1. The zero-order chi connectivity index (χ0) is 31.4. The van der Waals surface area contributed by atoms with Crippen molar-refractivity contribution in [1.29, 1.82) is 0 Å². The van der Waals surface area contributed by atoms with E-state index in [0.717, 1.165) is 22.5 Å². The summed E-state index contributed by atoms with van der Waals surface area (Å²) in [6, 6.07) is 24.1. The first kappa shape index (κ1) is 30.5. The summed E-state index contributed by atoms with van der Waals surface area (Å²) in [4.78, 5) is 41.9. The maximum atomic E-state index is 13.0. The molecule has 0 bridgehead atoms. The van der Waals surface area contributed by atoms with E-state index in [-0.39, 0.29) is 17.4 Å². The lowest BCUT2D eigenvalue weighted by atomic mass is 9.92. The van der Waals surface area contributed by atoms with Gasteiger partial charge in [0.15, 0.2) is 0 Å². The second kappa shape index (κ2) is 12.7. The molecule has 0 radical (unpaired) electrons. The third kappa shape index (κ3) is 6.98. The van der Waals surface area contributed by atoms with Crippen LogP contribution in [0.15, 0.2) is 78.9 Å². The normalized spacial score (nSPS) is 13.9. The van der Waals surface area contributed by atoms with Crippen LogP contribution in [0, 0.1) is 6.92 Å². The van der Waals surface area contributed by atoms with Gasteiger partial charge in [-0.3, -0.25) is 19.9 Å². The molecule has 0 saturated carbocycles. The van der Waals surface area contributed by atoms with Gasteiger partial charge in [-0.15, -0.1) is 0 Å². The van der Waals surface area contributed by atoms with Crippen LogP contribution in [-0.4, -0.2) is 52.9 Å². The molecule has 4 aromatic rings. The van der Waals surface area contributed by atoms with Crippen molar-refractivity contribution in [2.45, 2.75) is 46.1 Å². The van der Waals surface area contributed by atoms with E-state index in [1.807, 2.05) is 61.5 Å². The number of rotatable bonds is 7. The number of nitrogens with one attached hydrogen (secondary N) is 2. The molecule has 2 heterocycles. The minimum Gasteiger partial charge on any atom is -0.465 e. The molecule has 0 aliphatic carbocycles. The molecule has 0 spiro atoms. The molecule has 1 aliphatic heterocycles. The lowest BCUT2D eigenvalue weighted by Gasteiger charge is -2.36. The lowest BCUT2D eigenvalue weighted by molar-refractivity contribution is -0.121. The number of aryl methyl sites for hydroxylation is 1. The van der Waals surface area contributed by atoms with E-state index < -0.39 is 5.97 Å². The third-order valence-electron chi connectivity index (χ3n) is 7.50. The number of carbonyl (C=O) groups is 3. The van der Waals surface area contributed by atoms with Crippen LogP contribution >= 0.6 is 0 Å². The highest BCUT2D eigenvalue weighted by atomic mass is 16.5. The number of nitrogens with zero attached hydrogens (tertiary/aromatic N) is 4. The fourth-order valence-electron chi connectivity index (χ4n) is 5.02. The van der Waals surface area contributed by atoms with Crippen LogP contribution in [-0.2, 0) is 21.5 Å². The Morgan fingerprint density at radius 1 is 0.955 bits per heavy atom. The molecular formula is C34H38N6O4. The minimum atomic E-state index is -0.480. The summed E-state index contributed by atoms with van der Waals surface area (Å²) in [5.41, 5.74) is 5.24. The van der Waals surface area contributed by atoms with Crippen molar-refractivity contribution in [3.8, 4) is 5.69 Å². The highest BCUT2D eigenvalue weighted by Crippen LogP contribution is 2.28. The number of hydrogen-bond acceptors (Lipinski definition) is 6. The van der Waals surface area contributed by atoms with E-state index in [0.29, 0.717) is 48.9 Å². The summed E-state index contributed by atoms with van der Waals surface area (Å²) in [7, 11) is 1.33. The maximum Gasteiger partial charge on any atom is 0.339 e. The quantitative estimate of drug-likeness (QED) is 0.250. The number of amides is 3. The van der Waals surface area contributed by atoms with Crippen molar-refractivity contribution in [1.82, 2.24) is 14.7 Å². The van der Waals surface area contributed by atoms with Crippen molar-refractivity contribution >= 4 is 35.1 Å². The van der Waals surface area contributed by atoms with Gasteiger partial charge in [0.25, 0.3) is 0 Å². The highest BCUT2D eigenvalue weighted by Gasteiger charge is 2.28. The van der Waals surface area contributed by atoms with Gasteiger partial charge >= 0.3 is 12.0 Å². The average Bonchev–Trinajstić information content (AvgIpc) is 3.43. The van der Waals surface area contributed by atoms with Gasteiger partial charge in [0.2, 0.25) is 5.91 Å². The monoisotopic (exact) mass is 594 g/mol. The molecule has 5 rings (SSSR count). The Balaban J connectivity index is 1.24. The Morgan fingerprint density at radius 3 is 2.34 bits per heavy atom. The van der Waals surface area contributed by atoms with Crippen LogP contribution in [0.4, 0.5) is 22.0 Å². The number of urea groups is 1. The Kier molecular flexibility index (Phi) is 8.82. The minimum absolute atomic E-state index is 0.0403. The number of anilines is 3. The van der Waals surface area contributed by atoms with E-state index in [1.54, 1.807) is 33.8 Å². The number of aromatic nitrogens is 2. The number of para-hydroxylation sites is 1. The molecule has 44 heavy (non-hydrogen) atoms. The summed E-state index contributed by atoms with van der Waals surface area (Å²) < 4.78 is 6.66. The van der Waals surface area contributed by atoms with E-state index in [2.05, 4.69) is 36.3 Å². The van der Waals surface area contributed by atoms with Crippen LogP contribution in [0.25, 0.3) is 5.69 Å². The Hall–Kier alpha value is -4.96. The molecule has 1 aliphatic rings. The molecule has 10 nitrogen and oxygen atoms in total. The number of benzene rings is 3. The summed E-state index contributed by atoms with van der Waals surface area (Å²) in [6.07, 6.45) is 0.339. The molecule has 10 heteroatoms. The number of esters is 1. The van der Waals surface area contributed by atoms with Crippen molar-refractivity contribution in [2.75, 3.05) is 35.9 Å². The number of carbonyl (C=O) groups excluding carboxylic acids is 3. The standard InChI is InChI=1S/C34H38N6O4/c1-23-10-16-26(17-11-23)40-30(20-29(37-40)34(2,3)4)36-33(43)35-25-14-12-24(13-15-25)21-38-19-18-31(41)39(22-38)28-9-7-6-8-27(28)32(42)44-5/h6-17,20H,18-19,21-22H2,1-5H3,(H2,35,36,43). The molecule has 1 saturated heterocycles.